The Labute approximate surface area is 282 Å². The second-order valence-electron chi connectivity index (χ2n) is 12.4. The van der Waals surface area contributed by atoms with Gasteiger partial charge in [0.05, 0.1) is 9.40 Å². The summed E-state index contributed by atoms with van der Waals surface area (Å²) in [5.74, 6) is 0. The summed E-state index contributed by atoms with van der Waals surface area (Å²) in [5.41, 5.74) is 5.18. The molecule has 0 bridgehead atoms. The van der Waals surface area contributed by atoms with Crippen LogP contribution in [0.1, 0.15) is 0 Å². The molecule has 0 radical (unpaired) electrons. The van der Waals surface area contributed by atoms with Gasteiger partial charge in [-0.15, -0.1) is 34.0 Å². The van der Waals surface area contributed by atoms with Gasteiger partial charge in [-0.2, -0.15) is 0 Å². The van der Waals surface area contributed by atoms with E-state index >= 15 is 0 Å². The van der Waals surface area contributed by atoms with Crippen molar-refractivity contribution in [2.24, 2.45) is 0 Å². The van der Waals surface area contributed by atoms with Crippen molar-refractivity contribution in [2.45, 2.75) is 0 Å². The first-order valence-corrected chi connectivity index (χ1v) is 18.4. The lowest BCUT2D eigenvalue weighted by Crippen LogP contribution is -1.90. The molecule has 0 saturated carbocycles. The van der Waals surface area contributed by atoms with Gasteiger partial charge in [0.2, 0.25) is 0 Å². The molecule has 0 saturated heterocycles. The van der Waals surface area contributed by atoms with Gasteiger partial charge in [-0.05, 0) is 68.1 Å². The summed E-state index contributed by atoms with van der Waals surface area (Å²) < 4.78 is 8.19. The van der Waals surface area contributed by atoms with Crippen molar-refractivity contribution in [1.29, 1.82) is 0 Å². The first-order valence-electron chi connectivity index (χ1n) is 15.9. The van der Waals surface area contributed by atoms with E-state index < -0.39 is 0 Å². The van der Waals surface area contributed by atoms with Crippen molar-refractivity contribution < 1.29 is 0 Å². The van der Waals surface area contributed by atoms with Crippen LogP contribution in [0, 0.1) is 0 Å². The summed E-state index contributed by atoms with van der Waals surface area (Å²) in [6, 6.07) is 54.4. The smallest absolute Gasteiger partial charge is 0.0534 e. The lowest BCUT2D eigenvalue weighted by molar-refractivity contribution is 1.70. The highest BCUT2D eigenvalue weighted by Gasteiger charge is 2.19. The minimum atomic E-state index is 1.27. The Morgan fingerprint density at radius 2 is 0.596 bits per heavy atom. The van der Waals surface area contributed by atoms with Crippen LogP contribution in [0.5, 0.6) is 0 Å². The van der Waals surface area contributed by atoms with Crippen LogP contribution in [0.3, 0.4) is 0 Å². The molecule has 0 unspecified atom stereocenters. The quantitative estimate of drug-likeness (QED) is 0.164. The Hall–Kier alpha value is -5.06. The van der Waals surface area contributed by atoms with Gasteiger partial charge < -0.3 is 0 Å². The van der Waals surface area contributed by atoms with E-state index in [0.717, 1.165) is 0 Å². The minimum absolute atomic E-state index is 1.27. The number of thiophene rings is 3. The summed E-state index contributed by atoms with van der Waals surface area (Å²) in [7, 11) is 0. The fraction of sp³-hybridized carbons (Fsp3) is 0. The van der Waals surface area contributed by atoms with Crippen LogP contribution >= 0.6 is 34.0 Å². The van der Waals surface area contributed by atoms with Crippen molar-refractivity contribution in [2.75, 3.05) is 0 Å². The van der Waals surface area contributed by atoms with Crippen molar-refractivity contribution in [3.8, 4) is 22.3 Å². The predicted octanol–water partition coefficient (Wildman–Crippen LogP) is 14.4. The molecule has 11 aromatic rings. The van der Waals surface area contributed by atoms with Crippen LogP contribution in [0.2, 0.25) is 0 Å². The second kappa shape index (κ2) is 9.73. The van der Waals surface area contributed by atoms with E-state index in [-0.39, 0.29) is 0 Å². The lowest BCUT2D eigenvalue weighted by atomic mass is 9.86. The maximum Gasteiger partial charge on any atom is 0.0534 e. The molecule has 0 N–H and O–H groups in total. The van der Waals surface area contributed by atoms with Crippen molar-refractivity contribution >= 4 is 116 Å². The van der Waals surface area contributed by atoms with Gasteiger partial charge in [-0.3, -0.25) is 0 Å². The molecule has 8 aromatic carbocycles. The highest BCUT2D eigenvalue weighted by atomic mass is 32.1. The first kappa shape index (κ1) is 26.1. The standard InChI is InChI=1S/C44H24S3/c1-3-13-33-31(11-1)41(25-17-19-29-27-9-5-7-15-37(27)45-39(29)23-25)32-12-2-4-14-34(32)42(33)26-18-20-30-36-22-21-35-28-10-6-8-16-38(28)46-43(35)44(36)47-40(30)24-26/h1-24H. The SMILES string of the molecule is c1ccc2c(c1)sc1cc(-c3c4ccccc4c(-c4ccc5c(c4)sc4c5ccc5c6ccccc6sc54)c4ccccc34)ccc12. The maximum atomic E-state index is 2.44. The molecular weight excluding hydrogens is 625 g/mol. The topological polar surface area (TPSA) is 0 Å². The Kier molecular flexibility index (Phi) is 5.39. The van der Waals surface area contributed by atoms with E-state index in [1.54, 1.807) is 0 Å². The number of hydrogen-bond acceptors (Lipinski definition) is 3. The molecule has 0 spiro atoms. The summed E-state index contributed by atoms with van der Waals surface area (Å²) in [6.45, 7) is 0. The summed E-state index contributed by atoms with van der Waals surface area (Å²) in [5, 5.41) is 13.3. The predicted molar refractivity (Wildman–Crippen MR) is 211 cm³/mol. The average molecular weight is 649 g/mol. The molecule has 0 aliphatic rings. The number of fused-ring (bicyclic) bond motifs is 12. The van der Waals surface area contributed by atoms with Gasteiger partial charge in [0.1, 0.15) is 0 Å². The lowest BCUT2D eigenvalue weighted by Gasteiger charge is -2.18. The van der Waals surface area contributed by atoms with E-state index in [4.69, 9.17) is 0 Å². The largest absolute Gasteiger partial charge is 0.135 e. The number of hydrogen-bond donors (Lipinski definition) is 0. The van der Waals surface area contributed by atoms with Crippen LogP contribution < -0.4 is 0 Å². The third-order valence-electron chi connectivity index (χ3n) is 9.87. The fourth-order valence-corrected chi connectivity index (χ4v) is 11.5. The van der Waals surface area contributed by atoms with Gasteiger partial charge in [0, 0.05) is 51.1 Å². The van der Waals surface area contributed by atoms with Crippen LogP contribution in [-0.2, 0) is 0 Å². The molecule has 218 valence electrons. The fourth-order valence-electron chi connectivity index (χ4n) is 7.80. The van der Waals surface area contributed by atoms with Crippen molar-refractivity contribution in [1.82, 2.24) is 0 Å². The van der Waals surface area contributed by atoms with Gasteiger partial charge >= 0.3 is 0 Å². The molecule has 3 heterocycles. The zero-order valence-electron chi connectivity index (χ0n) is 25.1. The average Bonchev–Trinajstić information content (AvgIpc) is 3.81. The van der Waals surface area contributed by atoms with E-state index in [1.807, 2.05) is 34.0 Å². The van der Waals surface area contributed by atoms with E-state index in [1.165, 1.54) is 104 Å². The summed E-state index contributed by atoms with van der Waals surface area (Å²) in [6.07, 6.45) is 0. The van der Waals surface area contributed by atoms with Crippen LogP contribution in [0.15, 0.2) is 146 Å². The molecule has 0 aliphatic carbocycles. The monoisotopic (exact) mass is 648 g/mol. The first-order chi connectivity index (χ1) is 23.3. The van der Waals surface area contributed by atoms with Gasteiger partial charge in [0.15, 0.2) is 0 Å². The molecule has 0 atom stereocenters. The van der Waals surface area contributed by atoms with E-state index in [2.05, 4.69) is 146 Å². The van der Waals surface area contributed by atoms with Gasteiger partial charge in [0.25, 0.3) is 0 Å². The molecule has 0 fully saturated rings. The Morgan fingerprint density at radius 3 is 1.13 bits per heavy atom. The second-order valence-corrected chi connectivity index (χ2v) is 15.6. The summed E-state index contributed by atoms with van der Waals surface area (Å²) in [4.78, 5) is 0. The van der Waals surface area contributed by atoms with Crippen LogP contribution in [0.4, 0.5) is 0 Å². The minimum Gasteiger partial charge on any atom is -0.135 e. The maximum absolute atomic E-state index is 2.44. The van der Waals surface area contributed by atoms with Crippen LogP contribution in [-0.4, -0.2) is 0 Å². The van der Waals surface area contributed by atoms with E-state index in [0.29, 0.717) is 0 Å². The third kappa shape index (κ3) is 3.68. The normalized spacial score (nSPS) is 12.3. The van der Waals surface area contributed by atoms with Crippen molar-refractivity contribution in [3.63, 3.8) is 0 Å². The Bertz CT molecular complexity index is 3020. The zero-order valence-corrected chi connectivity index (χ0v) is 27.5. The highest BCUT2D eigenvalue weighted by molar-refractivity contribution is 7.33. The van der Waals surface area contributed by atoms with E-state index in [9.17, 15) is 0 Å². The molecular formula is C44H24S3. The van der Waals surface area contributed by atoms with Gasteiger partial charge in [-0.1, -0.05) is 121 Å². The molecule has 0 amide bonds. The molecule has 3 heteroatoms. The van der Waals surface area contributed by atoms with Crippen LogP contribution in [0.25, 0.3) is 104 Å². The van der Waals surface area contributed by atoms with Crippen molar-refractivity contribution in [3.05, 3.63) is 146 Å². The number of rotatable bonds is 2. The molecule has 11 rings (SSSR count). The molecule has 3 aromatic heterocycles. The Balaban J connectivity index is 1.17. The summed E-state index contributed by atoms with van der Waals surface area (Å²) >= 11 is 5.75. The highest BCUT2D eigenvalue weighted by Crippen LogP contribution is 2.48. The van der Waals surface area contributed by atoms with Gasteiger partial charge in [-0.25, -0.2) is 0 Å². The number of benzene rings is 8. The zero-order chi connectivity index (χ0) is 30.6. The molecule has 47 heavy (non-hydrogen) atoms. The molecule has 0 aliphatic heterocycles. The third-order valence-corrected chi connectivity index (χ3v) is 13.5. The Morgan fingerprint density at radius 1 is 0.255 bits per heavy atom. The molecule has 0 nitrogen and oxygen atoms in total.